The molecule has 1 aromatic carbocycles. The van der Waals surface area contributed by atoms with Crippen LogP contribution >= 0.6 is 0 Å². The summed E-state index contributed by atoms with van der Waals surface area (Å²) in [7, 11) is 3.36. The van der Waals surface area contributed by atoms with Crippen molar-refractivity contribution < 1.29 is 23.1 Å². The molecule has 0 spiro atoms. The number of rotatable bonds is 5. The number of benzene rings is 1. The first-order chi connectivity index (χ1) is 16.4. The number of methoxy groups -OCH3 is 1. The summed E-state index contributed by atoms with van der Waals surface area (Å²) >= 11 is 0. The van der Waals surface area contributed by atoms with Crippen molar-refractivity contribution in [1.29, 1.82) is 0 Å². The van der Waals surface area contributed by atoms with Crippen molar-refractivity contribution in [2.24, 2.45) is 0 Å². The van der Waals surface area contributed by atoms with Gasteiger partial charge in [-0.25, -0.2) is 14.4 Å². The molecule has 34 heavy (non-hydrogen) atoms. The van der Waals surface area contributed by atoms with Gasteiger partial charge in [-0.05, 0) is 38.2 Å². The number of amides is 1. The van der Waals surface area contributed by atoms with E-state index in [9.17, 15) is 9.18 Å². The number of likely N-dealkylation sites (tertiary alicyclic amines) is 1. The highest BCUT2D eigenvalue weighted by atomic mass is 19.1. The van der Waals surface area contributed by atoms with Crippen molar-refractivity contribution in [3.05, 3.63) is 71.8 Å². The van der Waals surface area contributed by atoms with E-state index in [0.29, 0.717) is 46.4 Å². The predicted octanol–water partition coefficient (Wildman–Crippen LogP) is 3.51. The topological polar surface area (TPSA) is 102 Å². The average Bonchev–Trinajstić information content (AvgIpc) is 3.47. The fourth-order valence-corrected chi connectivity index (χ4v) is 3.71. The van der Waals surface area contributed by atoms with E-state index in [-0.39, 0.29) is 5.91 Å². The number of likely N-dealkylation sites (N-methyl/N-ethyl adjacent to an activating group) is 1. The number of nitrogens with zero attached hydrogens (tertiary/aromatic N) is 4. The Bertz CT molecular complexity index is 1330. The third-order valence-electron chi connectivity index (χ3n) is 5.58. The number of fused-ring (bicyclic) bond motifs is 1. The van der Waals surface area contributed by atoms with Gasteiger partial charge in [0.15, 0.2) is 0 Å². The van der Waals surface area contributed by atoms with Crippen molar-refractivity contribution in [2.45, 2.75) is 12.8 Å². The fourth-order valence-electron chi connectivity index (χ4n) is 3.71. The second kappa shape index (κ2) is 9.84. The lowest BCUT2D eigenvalue weighted by Crippen LogP contribution is -2.41. The number of anilines is 1. The molecule has 5 rings (SSSR count). The van der Waals surface area contributed by atoms with E-state index < -0.39 is 5.82 Å². The maximum absolute atomic E-state index is 14.6. The van der Waals surface area contributed by atoms with Gasteiger partial charge in [0.05, 0.1) is 19.5 Å². The van der Waals surface area contributed by atoms with Gasteiger partial charge in [-0.3, -0.25) is 14.0 Å². The number of imidazole rings is 1. The molecular formula is C24H24FN5O4. The minimum atomic E-state index is -0.441. The van der Waals surface area contributed by atoms with Crippen molar-refractivity contribution >= 4 is 23.7 Å². The minimum Gasteiger partial charge on any atom is -0.471 e. The Labute approximate surface area is 195 Å². The van der Waals surface area contributed by atoms with Gasteiger partial charge in [-0.2, -0.15) is 0 Å². The van der Waals surface area contributed by atoms with Crippen molar-refractivity contribution in [3.8, 4) is 11.5 Å². The summed E-state index contributed by atoms with van der Waals surface area (Å²) in [5.74, 6) is 0.619. The van der Waals surface area contributed by atoms with Crippen LogP contribution in [0.25, 0.3) is 17.1 Å². The average molecular weight is 465 g/mol. The number of ether oxygens (including phenoxy) is 1. The van der Waals surface area contributed by atoms with Crippen LogP contribution in [0.5, 0.6) is 0 Å². The summed E-state index contributed by atoms with van der Waals surface area (Å²) in [6.45, 7) is 3.82. The molecule has 1 aliphatic heterocycles. The fraction of sp³-hybridized carbons (Fsp3) is 0.250. The third kappa shape index (κ3) is 4.67. The summed E-state index contributed by atoms with van der Waals surface area (Å²) in [4.78, 5) is 32.5. The van der Waals surface area contributed by atoms with Crippen LogP contribution in [0.4, 0.5) is 10.1 Å². The number of oxazole rings is 1. The van der Waals surface area contributed by atoms with Crippen LogP contribution in [0.2, 0.25) is 0 Å². The molecule has 0 unspecified atom stereocenters. The Morgan fingerprint density at radius 3 is 2.74 bits per heavy atom. The number of pyridine rings is 1. The SMILES string of the molecule is COC=O.Cc1c(F)cc(-c2ncc(C3CN(C)C3)o2)cc1NC(=O)c1cnc2ccccn12. The molecule has 9 nitrogen and oxygen atoms in total. The van der Waals surface area contributed by atoms with Crippen molar-refractivity contribution in [1.82, 2.24) is 19.3 Å². The number of hydrogen-bond acceptors (Lipinski definition) is 7. The Kier molecular flexibility index (Phi) is 6.69. The molecule has 4 aromatic rings. The lowest BCUT2D eigenvalue weighted by Gasteiger charge is -2.34. The number of halogens is 1. The lowest BCUT2D eigenvalue weighted by molar-refractivity contribution is -0.126. The van der Waals surface area contributed by atoms with Crippen LogP contribution in [0, 0.1) is 12.7 Å². The molecule has 3 aromatic heterocycles. The van der Waals surface area contributed by atoms with Crippen molar-refractivity contribution in [2.75, 3.05) is 32.6 Å². The zero-order chi connectivity index (χ0) is 24.2. The van der Waals surface area contributed by atoms with Gasteiger partial charge in [-0.15, -0.1) is 0 Å². The lowest BCUT2D eigenvalue weighted by atomic mass is 9.99. The first kappa shape index (κ1) is 23.1. The smallest absolute Gasteiger partial charge is 0.292 e. The van der Waals surface area contributed by atoms with E-state index in [4.69, 9.17) is 9.21 Å². The Hall–Kier alpha value is -4.05. The van der Waals surface area contributed by atoms with E-state index in [1.807, 2.05) is 25.2 Å². The number of carbonyl (C=O) groups is 2. The van der Waals surface area contributed by atoms with Gasteiger partial charge < -0.3 is 19.4 Å². The highest BCUT2D eigenvalue weighted by Gasteiger charge is 2.28. The molecular weight excluding hydrogens is 441 g/mol. The summed E-state index contributed by atoms with van der Waals surface area (Å²) in [5, 5.41) is 2.80. The Morgan fingerprint density at radius 2 is 2.03 bits per heavy atom. The van der Waals surface area contributed by atoms with Gasteiger partial charge in [0.2, 0.25) is 5.89 Å². The number of nitrogens with one attached hydrogen (secondary N) is 1. The minimum absolute atomic E-state index is 0.306. The summed E-state index contributed by atoms with van der Waals surface area (Å²) in [5.41, 5.74) is 2.21. The van der Waals surface area contributed by atoms with E-state index in [1.54, 1.807) is 29.8 Å². The van der Waals surface area contributed by atoms with Gasteiger partial charge in [0.1, 0.15) is 22.9 Å². The van der Waals surface area contributed by atoms with Crippen LogP contribution in [-0.4, -0.2) is 58.9 Å². The molecule has 4 heterocycles. The number of aromatic nitrogens is 3. The van der Waals surface area contributed by atoms with Crippen LogP contribution < -0.4 is 5.32 Å². The summed E-state index contributed by atoms with van der Waals surface area (Å²) in [6, 6.07) is 8.53. The van der Waals surface area contributed by atoms with E-state index in [0.717, 1.165) is 18.8 Å². The van der Waals surface area contributed by atoms with Crippen LogP contribution in [-0.2, 0) is 9.53 Å². The van der Waals surface area contributed by atoms with Gasteiger partial charge in [-0.1, -0.05) is 6.07 Å². The Morgan fingerprint density at radius 1 is 1.26 bits per heavy atom. The second-order valence-corrected chi connectivity index (χ2v) is 7.97. The molecule has 176 valence electrons. The van der Waals surface area contributed by atoms with E-state index in [2.05, 4.69) is 24.9 Å². The van der Waals surface area contributed by atoms with Gasteiger partial charge >= 0.3 is 0 Å². The maximum Gasteiger partial charge on any atom is 0.292 e. The molecule has 0 atom stereocenters. The van der Waals surface area contributed by atoms with Gasteiger partial charge in [0.25, 0.3) is 12.4 Å². The normalized spacial score (nSPS) is 13.6. The maximum atomic E-state index is 14.6. The number of carbonyl (C=O) groups excluding carboxylic acids is 2. The Balaban J connectivity index is 0.000000636. The van der Waals surface area contributed by atoms with Gasteiger partial charge in [0, 0.05) is 42.0 Å². The second-order valence-electron chi connectivity index (χ2n) is 7.97. The van der Waals surface area contributed by atoms with E-state index in [1.165, 1.54) is 19.4 Å². The molecule has 0 saturated carbocycles. The highest BCUT2D eigenvalue weighted by molar-refractivity contribution is 6.04. The molecule has 1 amide bonds. The quantitative estimate of drug-likeness (QED) is 0.450. The molecule has 1 N–H and O–H groups in total. The summed E-state index contributed by atoms with van der Waals surface area (Å²) < 4.78 is 26.0. The van der Waals surface area contributed by atoms with Crippen LogP contribution in [0.15, 0.2) is 53.3 Å². The molecule has 0 bridgehead atoms. The molecule has 1 saturated heterocycles. The number of hydrogen-bond donors (Lipinski definition) is 1. The third-order valence-corrected chi connectivity index (χ3v) is 5.58. The molecule has 0 radical (unpaired) electrons. The first-order valence-electron chi connectivity index (χ1n) is 10.6. The predicted molar refractivity (Wildman–Crippen MR) is 123 cm³/mol. The molecule has 1 fully saturated rings. The zero-order valence-corrected chi connectivity index (χ0v) is 19.0. The van der Waals surface area contributed by atoms with Crippen molar-refractivity contribution in [3.63, 3.8) is 0 Å². The first-order valence-corrected chi connectivity index (χ1v) is 10.6. The van der Waals surface area contributed by atoms with Crippen LogP contribution in [0.1, 0.15) is 27.7 Å². The zero-order valence-electron chi connectivity index (χ0n) is 19.0. The van der Waals surface area contributed by atoms with Crippen LogP contribution in [0.3, 0.4) is 0 Å². The largest absolute Gasteiger partial charge is 0.471 e. The standard InChI is InChI=1S/C22H20FN5O2.C2H4O2/c1-13-16(23)7-14(22-25-10-19(30-22)15-11-27(2)12-15)8-17(13)26-21(29)18-9-24-20-5-3-4-6-28(18)20;1-4-2-3/h3-10,15H,11-12H2,1-2H3,(H,26,29);2H,1H3. The molecule has 10 heteroatoms. The monoisotopic (exact) mass is 465 g/mol. The molecule has 0 aliphatic carbocycles. The highest BCUT2D eigenvalue weighted by Crippen LogP contribution is 2.32. The van der Waals surface area contributed by atoms with E-state index >= 15 is 0 Å². The molecule has 1 aliphatic rings. The summed E-state index contributed by atoms with van der Waals surface area (Å²) in [6.07, 6.45) is 4.95.